The predicted octanol–water partition coefficient (Wildman–Crippen LogP) is 7.11. The molecule has 0 saturated heterocycles. The van der Waals surface area contributed by atoms with E-state index in [4.69, 9.17) is 11.6 Å². The van der Waals surface area contributed by atoms with E-state index in [-0.39, 0.29) is 35.2 Å². The molecule has 4 nitrogen and oxygen atoms in total. The molecule has 3 aromatic carbocycles. The quantitative estimate of drug-likeness (QED) is 0.269. The maximum atomic E-state index is 14.3. The van der Waals surface area contributed by atoms with Crippen LogP contribution in [0.5, 0.6) is 0 Å². The molecular weight excluding hydrogens is 531 g/mol. The lowest BCUT2D eigenvalue weighted by Crippen LogP contribution is -2.53. The monoisotopic (exact) mass is 566 g/mol. The Morgan fingerprint density at radius 2 is 1.72 bits per heavy atom. The third kappa shape index (κ3) is 8.58. The van der Waals surface area contributed by atoms with Crippen molar-refractivity contribution in [3.05, 3.63) is 106 Å². The Morgan fingerprint density at radius 3 is 2.44 bits per heavy atom. The molecule has 1 fully saturated rings. The second kappa shape index (κ2) is 14.5. The van der Waals surface area contributed by atoms with Gasteiger partial charge in [-0.05, 0) is 43.0 Å². The highest BCUT2D eigenvalue weighted by Crippen LogP contribution is 2.25. The molecule has 1 saturated carbocycles. The molecule has 39 heavy (non-hydrogen) atoms. The number of amides is 2. The summed E-state index contributed by atoms with van der Waals surface area (Å²) >= 11 is 7.51. The predicted molar refractivity (Wildman–Crippen MR) is 158 cm³/mol. The number of thioether (sulfide) groups is 1. The summed E-state index contributed by atoms with van der Waals surface area (Å²) in [7, 11) is 0. The highest BCUT2D eigenvalue weighted by Gasteiger charge is 2.32. The van der Waals surface area contributed by atoms with Gasteiger partial charge in [-0.15, -0.1) is 11.8 Å². The molecule has 0 aromatic heterocycles. The number of rotatable bonds is 11. The number of halogens is 2. The first-order valence-corrected chi connectivity index (χ1v) is 15.1. The zero-order chi connectivity index (χ0) is 27.6. The van der Waals surface area contributed by atoms with Crippen molar-refractivity contribution in [2.24, 2.45) is 0 Å². The third-order valence-electron chi connectivity index (χ3n) is 7.19. The average Bonchev–Trinajstić information content (AvgIpc) is 2.93. The van der Waals surface area contributed by atoms with E-state index in [0.717, 1.165) is 42.4 Å². The van der Waals surface area contributed by atoms with E-state index in [1.165, 1.54) is 24.2 Å². The van der Waals surface area contributed by atoms with Gasteiger partial charge in [-0.2, -0.15) is 0 Å². The Bertz CT molecular complexity index is 1230. The van der Waals surface area contributed by atoms with Crippen LogP contribution in [0.4, 0.5) is 4.39 Å². The van der Waals surface area contributed by atoms with Crippen LogP contribution in [0, 0.1) is 12.7 Å². The zero-order valence-electron chi connectivity index (χ0n) is 22.4. The van der Waals surface area contributed by atoms with Crippen LogP contribution in [-0.4, -0.2) is 34.6 Å². The van der Waals surface area contributed by atoms with Crippen molar-refractivity contribution in [1.29, 1.82) is 0 Å². The van der Waals surface area contributed by atoms with E-state index in [2.05, 4.69) is 5.32 Å². The number of carbonyl (C=O) groups excluding carboxylic acids is 2. The summed E-state index contributed by atoms with van der Waals surface area (Å²) in [6.07, 6.45) is 5.76. The summed E-state index contributed by atoms with van der Waals surface area (Å²) in [6.45, 7) is 2.33. The number of hydrogen-bond donors (Lipinski definition) is 1. The summed E-state index contributed by atoms with van der Waals surface area (Å²) in [6, 6.07) is 21.9. The van der Waals surface area contributed by atoms with Crippen molar-refractivity contribution < 1.29 is 14.0 Å². The average molecular weight is 567 g/mol. The van der Waals surface area contributed by atoms with Gasteiger partial charge in [0.2, 0.25) is 11.8 Å². The number of aryl methyl sites for hydroxylation is 1. The number of nitrogens with zero attached hydrogens (tertiary/aromatic N) is 1. The molecular formula is C32H36ClFN2O2S. The molecule has 1 unspecified atom stereocenters. The van der Waals surface area contributed by atoms with E-state index in [1.54, 1.807) is 17.0 Å². The lowest BCUT2D eigenvalue weighted by molar-refractivity contribution is -0.139. The maximum absolute atomic E-state index is 14.3. The zero-order valence-corrected chi connectivity index (χ0v) is 23.9. The van der Waals surface area contributed by atoms with Crippen LogP contribution in [0.1, 0.15) is 54.4 Å². The summed E-state index contributed by atoms with van der Waals surface area (Å²) in [5.41, 5.74) is 3.44. The Labute approximate surface area is 240 Å². The Hall–Kier alpha value is -2.83. The molecule has 0 aliphatic heterocycles. The van der Waals surface area contributed by atoms with Crippen LogP contribution in [-0.2, 0) is 28.3 Å². The van der Waals surface area contributed by atoms with E-state index < -0.39 is 6.04 Å². The largest absolute Gasteiger partial charge is 0.352 e. The minimum atomic E-state index is -0.667. The van der Waals surface area contributed by atoms with Gasteiger partial charge < -0.3 is 10.2 Å². The van der Waals surface area contributed by atoms with Crippen LogP contribution < -0.4 is 5.32 Å². The van der Waals surface area contributed by atoms with Gasteiger partial charge in [-0.25, -0.2) is 4.39 Å². The van der Waals surface area contributed by atoms with E-state index in [1.807, 2.05) is 61.5 Å². The van der Waals surface area contributed by atoms with Crippen molar-refractivity contribution in [3.8, 4) is 0 Å². The molecule has 206 valence electrons. The summed E-state index contributed by atoms with van der Waals surface area (Å²) in [5.74, 6) is -0.276. The summed E-state index contributed by atoms with van der Waals surface area (Å²) < 4.78 is 14.3. The smallest absolute Gasteiger partial charge is 0.243 e. The first kappa shape index (κ1) is 29.2. The fourth-order valence-electron chi connectivity index (χ4n) is 5.10. The van der Waals surface area contributed by atoms with Crippen LogP contribution >= 0.6 is 23.4 Å². The fourth-order valence-corrected chi connectivity index (χ4v) is 6.35. The van der Waals surface area contributed by atoms with Crippen molar-refractivity contribution in [2.45, 2.75) is 69.8 Å². The minimum Gasteiger partial charge on any atom is -0.352 e. The molecule has 3 aromatic rings. The lowest BCUT2D eigenvalue weighted by Gasteiger charge is -2.33. The molecule has 0 radical (unpaired) electrons. The molecule has 0 bridgehead atoms. The Morgan fingerprint density at radius 1 is 1.00 bits per heavy atom. The molecule has 1 atom stereocenters. The minimum absolute atomic E-state index is 0.110. The maximum Gasteiger partial charge on any atom is 0.243 e. The van der Waals surface area contributed by atoms with Crippen LogP contribution in [0.15, 0.2) is 72.8 Å². The second-order valence-corrected chi connectivity index (χ2v) is 11.6. The van der Waals surface area contributed by atoms with Crippen LogP contribution in [0.3, 0.4) is 0 Å². The van der Waals surface area contributed by atoms with Gasteiger partial charge in [-0.3, -0.25) is 9.59 Å². The van der Waals surface area contributed by atoms with Gasteiger partial charge in [0.05, 0.1) is 5.75 Å². The molecule has 7 heteroatoms. The van der Waals surface area contributed by atoms with Gasteiger partial charge in [0.25, 0.3) is 0 Å². The molecule has 0 spiro atoms. The van der Waals surface area contributed by atoms with E-state index >= 15 is 0 Å². The second-order valence-electron chi connectivity index (χ2n) is 10.3. The Balaban J connectivity index is 1.58. The number of hydrogen-bond acceptors (Lipinski definition) is 3. The highest BCUT2D eigenvalue weighted by atomic mass is 35.5. The number of benzene rings is 3. The van der Waals surface area contributed by atoms with Crippen LogP contribution in [0.25, 0.3) is 0 Å². The lowest BCUT2D eigenvalue weighted by atomic mass is 9.94. The topological polar surface area (TPSA) is 49.4 Å². The number of carbonyl (C=O) groups is 2. The van der Waals surface area contributed by atoms with Crippen molar-refractivity contribution in [2.75, 3.05) is 5.75 Å². The fraction of sp³-hybridized carbons (Fsp3) is 0.375. The molecule has 1 N–H and O–H groups in total. The van der Waals surface area contributed by atoms with E-state index in [0.29, 0.717) is 23.6 Å². The highest BCUT2D eigenvalue weighted by molar-refractivity contribution is 7.99. The number of nitrogens with one attached hydrogen (secondary N) is 1. The van der Waals surface area contributed by atoms with Gasteiger partial charge in [0, 0.05) is 35.3 Å². The van der Waals surface area contributed by atoms with Gasteiger partial charge >= 0.3 is 0 Å². The summed E-state index contributed by atoms with van der Waals surface area (Å²) in [5, 5.41) is 3.61. The van der Waals surface area contributed by atoms with Gasteiger partial charge in [0.15, 0.2) is 0 Å². The van der Waals surface area contributed by atoms with Crippen molar-refractivity contribution >= 4 is 35.2 Å². The normalized spacial score (nSPS) is 14.5. The molecule has 4 rings (SSSR count). The van der Waals surface area contributed by atoms with Gasteiger partial charge in [-0.1, -0.05) is 97.1 Å². The van der Waals surface area contributed by atoms with Crippen LogP contribution in [0.2, 0.25) is 5.02 Å². The van der Waals surface area contributed by atoms with Gasteiger partial charge in [0.1, 0.15) is 11.9 Å². The SMILES string of the molecule is Cc1cccc(CN(C(=O)CSCc2c(F)cccc2Cl)C(Cc2ccccc2)C(=O)NC2CCCCC2)c1. The third-order valence-corrected chi connectivity index (χ3v) is 8.49. The standard InChI is InChI=1S/C32H36ClFN2O2S/c1-23-10-8-13-25(18-23)20-36(31(37)22-39-21-27-28(33)16-9-17-29(27)34)30(19-24-11-4-2-5-12-24)32(38)35-26-14-6-3-7-15-26/h2,4-5,8-13,16-18,26,30H,3,6-7,14-15,19-22H2,1H3,(H,35,38). The molecule has 1 aliphatic carbocycles. The first-order chi connectivity index (χ1) is 18.9. The van der Waals surface area contributed by atoms with Crippen molar-refractivity contribution in [3.63, 3.8) is 0 Å². The van der Waals surface area contributed by atoms with E-state index in [9.17, 15) is 14.0 Å². The molecule has 2 amide bonds. The van der Waals surface area contributed by atoms with Crippen molar-refractivity contribution in [1.82, 2.24) is 10.2 Å². The molecule has 0 heterocycles. The summed E-state index contributed by atoms with van der Waals surface area (Å²) in [4.78, 5) is 29.3. The Kier molecular flexibility index (Phi) is 10.9. The first-order valence-electron chi connectivity index (χ1n) is 13.6. The molecule has 1 aliphatic rings.